The number of phenolic OH excluding ortho intramolecular Hbond substituents is 1. The predicted molar refractivity (Wildman–Crippen MR) is 66.9 cm³/mol. The van der Waals surface area contributed by atoms with Gasteiger partial charge in [-0.15, -0.1) is 0 Å². The van der Waals surface area contributed by atoms with Crippen molar-refractivity contribution in [3.63, 3.8) is 0 Å². The first-order valence-corrected chi connectivity index (χ1v) is 6.18. The Morgan fingerprint density at radius 3 is 2.81 bits per heavy atom. The van der Waals surface area contributed by atoms with Crippen LogP contribution in [0.5, 0.6) is 11.5 Å². The van der Waals surface area contributed by atoms with Crippen LogP contribution in [-0.2, 0) is 5.54 Å². The number of halogens is 1. The summed E-state index contributed by atoms with van der Waals surface area (Å²) < 4.78 is 5.90. The number of benzene rings is 1. The van der Waals surface area contributed by atoms with Crippen LogP contribution >= 0.6 is 15.9 Å². The highest BCUT2D eigenvalue weighted by Crippen LogP contribution is 2.41. The quantitative estimate of drug-likeness (QED) is 0.878. The number of hydrogen-bond donors (Lipinski definition) is 2. The highest BCUT2D eigenvalue weighted by atomic mass is 79.9. The summed E-state index contributed by atoms with van der Waals surface area (Å²) in [7, 11) is 1.63. The van der Waals surface area contributed by atoms with Crippen LogP contribution < -0.4 is 10.1 Å². The Kier molecular flexibility index (Phi) is 3.13. The van der Waals surface area contributed by atoms with Crippen molar-refractivity contribution < 1.29 is 9.84 Å². The van der Waals surface area contributed by atoms with E-state index in [0.29, 0.717) is 10.2 Å². The molecule has 2 rings (SSSR count). The van der Waals surface area contributed by atoms with Crippen LogP contribution in [0.2, 0.25) is 0 Å². The molecular formula is C12H16BrNO2. The highest BCUT2D eigenvalue weighted by molar-refractivity contribution is 9.10. The third-order valence-electron chi connectivity index (χ3n) is 3.24. The topological polar surface area (TPSA) is 41.5 Å². The molecule has 1 aromatic carbocycles. The Morgan fingerprint density at radius 2 is 2.25 bits per heavy atom. The molecule has 1 saturated heterocycles. The van der Waals surface area contributed by atoms with E-state index in [2.05, 4.69) is 28.2 Å². The minimum absolute atomic E-state index is 0.152. The van der Waals surface area contributed by atoms with E-state index in [1.165, 1.54) is 0 Å². The Hall–Kier alpha value is -0.740. The van der Waals surface area contributed by atoms with Gasteiger partial charge < -0.3 is 15.2 Å². The molecule has 4 heteroatoms. The lowest BCUT2D eigenvalue weighted by atomic mass is 9.89. The number of aromatic hydroxyl groups is 1. The van der Waals surface area contributed by atoms with Crippen LogP contribution in [0.3, 0.4) is 0 Å². The van der Waals surface area contributed by atoms with E-state index in [-0.39, 0.29) is 5.54 Å². The molecule has 16 heavy (non-hydrogen) atoms. The molecule has 1 heterocycles. The highest BCUT2D eigenvalue weighted by Gasteiger charge is 2.33. The smallest absolute Gasteiger partial charge is 0.135 e. The SMILES string of the molecule is COc1cc(Br)c(O)c(C2(C)CCCN2)c1. The van der Waals surface area contributed by atoms with Crippen LogP contribution in [0.15, 0.2) is 16.6 Å². The molecule has 1 aromatic rings. The number of nitrogens with one attached hydrogen (secondary N) is 1. The second-order valence-corrected chi connectivity index (χ2v) is 5.22. The maximum Gasteiger partial charge on any atom is 0.135 e. The summed E-state index contributed by atoms with van der Waals surface area (Å²) in [5, 5.41) is 13.5. The van der Waals surface area contributed by atoms with E-state index >= 15 is 0 Å². The molecule has 0 radical (unpaired) electrons. The molecule has 0 saturated carbocycles. The van der Waals surface area contributed by atoms with Gasteiger partial charge in [-0.1, -0.05) is 0 Å². The lowest BCUT2D eigenvalue weighted by Gasteiger charge is -2.26. The Balaban J connectivity index is 2.50. The Morgan fingerprint density at radius 1 is 1.50 bits per heavy atom. The number of phenols is 1. The molecule has 88 valence electrons. The predicted octanol–water partition coefficient (Wildman–Crippen LogP) is 2.76. The molecular weight excluding hydrogens is 270 g/mol. The summed E-state index contributed by atoms with van der Waals surface area (Å²) >= 11 is 3.35. The lowest BCUT2D eigenvalue weighted by Crippen LogP contribution is -2.33. The standard InChI is InChI=1S/C12H16BrNO2/c1-12(4-3-5-14-12)9-6-8(16-2)7-10(13)11(9)15/h6-7,14-15H,3-5H2,1-2H3. The molecule has 0 aromatic heterocycles. The largest absolute Gasteiger partial charge is 0.506 e. The van der Waals surface area contributed by atoms with Gasteiger partial charge in [0.1, 0.15) is 11.5 Å². The van der Waals surface area contributed by atoms with Gasteiger partial charge in [0.05, 0.1) is 11.6 Å². The summed E-state index contributed by atoms with van der Waals surface area (Å²) in [4.78, 5) is 0. The number of hydrogen-bond acceptors (Lipinski definition) is 3. The minimum Gasteiger partial charge on any atom is -0.506 e. The van der Waals surface area contributed by atoms with Gasteiger partial charge in [-0.05, 0) is 54.4 Å². The van der Waals surface area contributed by atoms with Crippen molar-refractivity contribution in [1.29, 1.82) is 0 Å². The van der Waals surface area contributed by atoms with Gasteiger partial charge in [-0.3, -0.25) is 0 Å². The van der Waals surface area contributed by atoms with Gasteiger partial charge in [0, 0.05) is 11.1 Å². The molecule has 1 atom stereocenters. The first-order valence-electron chi connectivity index (χ1n) is 5.39. The molecule has 0 bridgehead atoms. The van der Waals surface area contributed by atoms with E-state index in [1.54, 1.807) is 13.2 Å². The van der Waals surface area contributed by atoms with E-state index in [1.807, 2.05) is 6.07 Å². The summed E-state index contributed by atoms with van der Waals surface area (Å²) in [5.74, 6) is 1.06. The second kappa shape index (κ2) is 4.26. The van der Waals surface area contributed by atoms with Crippen LogP contribution in [0.1, 0.15) is 25.3 Å². The fourth-order valence-corrected chi connectivity index (χ4v) is 2.68. The normalized spacial score (nSPS) is 24.7. The van der Waals surface area contributed by atoms with Crippen molar-refractivity contribution in [2.24, 2.45) is 0 Å². The first-order chi connectivity index (χ1) is 7.57. The van der Waals surface area contributed by atoms with Crippen molar-refractivity contribution in [2.75, 3.05) is 13.7 Å². The van der Waals surface area contributed by atoms with E-state index in [9.17, 15) is 5.11 Å². The average Bonchev–Trinajstić information content (AvgIpc) is 2.70. The maximum absolute atomic E-state index is 10.1. The zero-order valence-electron chi connectivity index (χ0n) is 9.51. The summed E-state index contributed by atoms with van der Waals surface area (Å²) in [6, 6.07) is 3.68. The van der Waals surface area contributed by atoms with Crippen molar-refractivity contribution in [2.45, 2.75) is 25.3 Å². The van der Waals surface area contributed by atoms with Crippen molar-refractivity contribution in [1.82, 2.24) is 5.32 Å². The van der Waals surface area contributed by atoms with Crippen LogP contribution in [-0.4, -0.2) is 18.8 Å². The maximum atomic E-state index is 10.1. The van der Waals surface area contributed by atoms with Crippen LogP contribution in [0.25, 0.3) is 0 Å². The fraction of sp³-hybridized carbons (Fsp3) is 0.500. The van der Waals surface area contributed by atoms with E-state index in [4.69, 9.17) is 4.74 Å². The van der Waals surface area contributed by atoms with Crippen LogP contribution in [0.4, 0.5) is 0 Å². The Bertz CT molecular complexity index is 400. The van der Waals surface area contributed by atoms with Gasteiger partial charge in [-0.2, -0.15) is 0 Å². The van der Waals surface area contributed by atoms with Gasteiger partial charge in [0.15, 0.2) is 0 Å². The molecule has 3 nitrogen and oxygen atoms in total. The summed E-state index contributed by atoms with van der Waals surface area (Å²) in [6.07, 6.45) is 2.16. The second-order valence-electron chi connectivity index (χ2n) is 4.37. The third-order valence-corrected chi connectivity index (χ3v) is 3.84. The van der Waals surface area contributed by atoms with E-state index in [0.717, 1.165) is 30.7 Å². The van der Waals surface area contributed by atoms with Crippen LogP contribution in [0, 0.1) is 0 Å². The van der Waals surface area contributed by atoms with Crippen molar-refractivity contribution in [3.05, 3.63) is 22.2 Å². The molecule has 0 aliphatic carbocycles. The molecule has 0 amide bonds. The average molecular weight is 286 g/mol. The zero-order valence-corrected chi connectivity index (χ0v) is 11.1. The number of rotatable bonds is 2. The molecule has 1 unspecified atom stereocenters. The molecule has 1 aliphatic rings. The van der Waals surface area contributed by atoms with E-state index < -0.39 is 0 Å². The molecule has 1 fully saturated rings. The summed E-state index contributed by atoms with van der Waals surface area (Å²) in [6.45, 7) is 3.10. The lowest BCUT2D eigenvalue weighted by molar-refractivity contribution is 0.380. The molecule has 2 N–H and O–H groups in total. The van der Waals surface area contributed by atoms with Gasteiger partial charge >= 0.3 is 0 Å². The third kappa shape index (κ3) is 1.92. The van der Waals surface area contributed by atoms with Gasteiger partial charge in [-0.25, -0.2) is 0 Å². The van der Waals surface area contributed by atoms with Gasteiger partial charge in [0.2, 0.25) is 0 Å². The summed E-state index contributed by atoms with van der Waals surface area (Å²) in [5.41, 5.74) is 0.748. The number of methoxy groups -OCH3 is 1. The Labute approximate surface area is 104 Å². The number of ether oxygens (including phenoxy) is 1. The van der Waals surface area contributed by atoms with Crippen molar-refractivity contribution in [3.8, 4) is 11.5 Å². The van der Waals surface area contributed by atoms with Crippen molar-refractivity contribution >= 4 is 15.9 Å². The molecule has 1 aliphatic heterocycles. The zero-order chi connectivity index (χ0) is 11.8. The molecule has 0 spiro atoms. The van der Waals surface area contributed by atoms with Gasteiger partial charge in [0.25, 0.3) is 0 Å². The minimum atomic E-state index is -0.152. The fourth-order valence-electron chi connectivity index (χ4n) is 2.24. The monoisotopic (exact) mass is 285 g/mol. The first kappa shape index (κ1) is 11.7.